The van der Waals surface area contributed by atoms with Gasteiger partial charge in [-0.1, -0.05) is 31.2 Å². The van der Waals surface area contributed by atoms with Crippen LogP contribution in [-0.4, -0.2) is 38.2 Å². The SMILES string of the molecule is CCc1ccc(-c2ccc(CN3CCC(NS(=O)(=O)CC)CC3)o2)cc1. The molecule has 1 aliphatic heterocycles. The van der Waals surface area contributed by atoms with Gasteiger partial charge >= 0.3 is 0 Å². The van der Waals surface area contributed by atoms with Crippen molar-refractivity contribution < 1.29 is 12.8 Å². The predicted molar refractivity (Wildman–Crippen MR) is 104 cm³/mol. The van der Waals surface area contributed by atoms with Gasteiger partial charge in [0.25, 0.3) is 0 Å². The van der Waals surface area contributed by atoms with Gasteiger partial charge in [-0.25, -0.2) is 13.1 Å². The van der Waals surface area contributed by atoms with E-state index in [1.807, 2.05) is 12.1 Å². The Morgan fingerprint density at radius 2 is 1.77 bits per heavy atom. The van der Waals surface area contributed by atoms with Crippen molar-refractivity contribution in [3.8, 4) is 11.3 Å². The van der Waals surface area contributed by atoms with Crippen molar-refractivity contribution in [1.29, 1.82) is 0 Å². The van der Waals surface area contributed by atoms with Crippen molar-refractivity contribution in [3.63, 3.8) is 0 Å². The Hall–Kier alpha value is -1.63. The molecule has 1 saturated heterocycles. The van der Waals surface area contributed by atoms with Crippen molar-refractivity contribution in [1.82, 2.24) is 9.62 Å². The molecular formula is C20H28N2O3S. The van der Waals surface area contributed by atoms with Crippen LogP contribution in [0.4, 0.5) is 0 Å². The maximum absolute atomic E-state index is 11.7. The summed E-state index contributed by atoms with van der Waals surface area (Å²) in [5.41, 5.74) is 2.42. The molecule has 1 aliphatic rings. The molecule has 0 aliphatic carbocycles. The Morgan fingerprint density at radius 1 is 1.08 bits per heavy atom. The van der Waals surface area contributed by atoms with Crippen LogP contribution in [0.25, 0.3) is 11.3 Å². The van der Waals surface area contributed by atoms with Crippen LogP contribution < -0.4 is 4.72 Å². The highest BCUT2D eigenvalue weighted by molar-refractivity contribution is 7.89. The number of nitrogens with one attached hydrogen (secondary N) is 1. The molecule has 3 rings (SSSR count). The van der Waals surface area contributed by atoms with E-state index in [4.69, 9.17) is 4.42 Å². The molecule has 0 atom stereocenters. The molecule has 0 radical (unpaired) electrons. The van der Waals surface area contributed by atoms with E-state index in [2.05, 4.69) is 40.8 Å². The summed E-state index contributed by atoms with van der Waals surface area (Å²) in [5.74, 6) is 1.99. The summed E-state index contributed by atoms with van der Waals surface area (Å²) < 4.78 is 32.2. The minimum absolute atomic E-state index is 0.0560. The standard InChI is InChI=1S/C20H28N2O3S/c1-3-16-5-7-17(8-6-16)20-10-9-19(25-20)15-22-13-11-18(12-14-22)21-26(23,24)4-2/h5-10,18,21H,3-4,11-15H2,1-2H3. The molecule has 2 heterocycles. The molecule has 0 bridgehead atoms. The average Bonchev–Trinajstić information content (AvgIpc) is 3.12. The fraction of sp³-hybridized carbons (Fsp3) is 0.500. The molecule has 0 saturated carbocycles. The Balaban J connectivity index is 1.53. The number of hydrogen-bond donors (Lipinski definition) is 1. The second-order valence-corrected chi connectivity index (χ2v) is 8.93. The maximum Gasteiger partial charge on any atom is 0.211 e. The fourth-order valence-electron chi connectivity index (χ4n) is 3.29. The van der Waals surface area contributed by atoms with E-state index in [0.29, 0.717) is 0 Å². The normalized spacial score (nSPS) is 16.8. The smallest absolute Gasteiger partial charge is 0.211 e. The van der Waals surface area contributed by atoms with Gasteiger partial charge in [0.05, 0.1) is 12.3 Å². The molecule has 1 fully saturated rings. The van der Waals surface area contributed by atoms with Crippen molar-refractivity contribution in [2.24, 2.45) is 0 Å². The topological polar surface area (TPSA) is 62.6 Å². The lowest BCUT2D eigenvalue weighted by atomic mass is 10.1. The van der Waals surface area contributed by atoms with Gasteiger partial charge in [-0.15, -0.1) is 0 Å². The van der Waals surface area contributed by atoms with Crippen molar-refractivity contribution in [3.05, 3.63) is 47.7 Å². The third-order valence-corrected chi connectivity index (χ3v) is 6.45. The summed E-state index contributed by atoms with van der Waals surface area (Å²) in [6.07, 6.45) is 2.71. The zero-order valence-corrected chi connectivity index (χ0v) is 16.4. The second-order valence-electron chi connectivity index (χ2n) is 6.89. The number of likely N-dealkylation sites (tertiary alicyclic amines) is 1. The van der Waals surface area contributed by atoms with E-state index >= 15 is 0 Å². The van der Waals surface area contributed by atoms with Gasteiger partial charge in [-0.3, -0.25) is 4.90 Å². The van der Waals surface area contributed by atoms with Crippen LogP contribution in [0.2, 0.25) is 0 Å². The third-order valence-electron chi connectivity index (χ3n) is 5.00. The predicted octanol–water partition coefficient (Wildman–Crippen LogP) is 3.41. The van der Waals surface area contributed by atoms with E-state index in [0.717, 1.165) is 56.0 Å². The molecule has 1 aromatic heterocycles. The first-order valence-corrected chi connectivity index (χ1v) is 11.0. The lowest BCUT2D eigenvalue weighted by molar-refractivity contribution is 0.187. The van der Waals surface area contributed by atoms with Crippen LogP contribution in [-0.2, 0) is 23.0 Å². The highest BCUT2D eigenvalue weighted by Gasteiger charge is 2.23. The molecule has 6 heteroatoms. The molecule has 5 nitrogen and oxygen atoms in total. The zero-order chi connectivity index (χ0) is 18.6. The van der Waals surface area contributed by atoms with Gasteiger partial charge in [-0.05, 0) is 43.9 Å². The third kappa shape index (κ3) is 4.96. The average molecular weight is 377 g/mol. The summed E-state index contributed by atoms with van der Waals surface area (Å²) in [4.78, 5) is 2.32. The maximum atomic E-state index is 11.7. The van der Waals surface area contributed by atoms with Gasteiger partial charge in [0, 0.05) is 24.7 Å². The minimum Gasteiger partial charge on any atom is -0.460 e. The van der Waals surface area contributed by atoms with Crippen molar-refractivity contribution in [2.75, 3.05) is 18.8 Å². The highest BCUT2D eigenvalue weighted by atomic mass is 32.2. The van der Waals surface area contributed by atoms with E-state index in [-0.39, 0.29) is 11.8 Å². The summed E-state index contributed by atoms with van der Waals surface area (Å²) >= 11 is 0. The number of furan rings is 1. The molecule has 0 spiro atoms. The summed E-state index contributed by atoms with van der Waals surface area (Å²) in [5, 5.41) is 0. The lowest BCUT2D eigenvalue weighted by Crippen LogP contribution is -2.44. The van der Waals surface area contributed by atoms with Gasteiger partial charge < -0.3 is 4.42 Å². The number of sulfonamides is 1. The largest absolute Gasteiger partial charge is 0.460 e. The van der Waals surface area contributed by atoms with Gasteiger partial charge in [0.1, 0.15) is 11.5 Å². The van der Waals surface area contributed by atoms with E-state index in [1.54, 1.807) is 6.92 Å². The van der Waals surface area contributed by atoms with Gasteiger partial charge in [-0.2, -0.15) is 0 Å². The van der Waals surface area contributed by atoms with Crippen LogP contribution in [0.3, 0.4) is 0 Å². The minimum atomic E-state index is -3.11. The molecular weight excluding hydrogens is 348 g/mol. The van der Waals surface area contributed by atoms with Crippen molar-refractivity contribution >= 4 is 10.0 Å². The number of hydrogen-bond acceptors (Lipinski definition) is 4. The molecule has 0 amide bonds. The lowest BCUT2D eigenvalue weighted by Gasteiger charge is -2.31. The molecule has 142 valence electrons. The Bertz CT molecular complexity index is 804. The number of piperidine rings is 1. The fourth-order valence-corrected chi connectivity index (χ4v) is 4.20. The summed E-state index contributed by atoms with van der Waals surface area (Å²) in [6, 6.07) is 12.6. The van der Waals surface area contributed by atoms with Crippen LogP contribution in [0.1, 0.15) is 38.0 Å². The number of aryl methyl sites for hydroxylation is 1. The Kier molecular flexibility index (Phi) is 6.16. The monoisotopic (exact) mass is 376 g/mol. The Morgan fingerprint density at radius 3 is 2.38 bits per heavy atom. The molecule has 26 heavy (non-hydrogen) atoms. The number of benzene rings is 1. The molecule has 2 aromatic rings. The molecule has 1 aromatic carbocycles. The van der Waals surface area contributed by atoms with E-state index < -0.39 is 10.0 Å². The van der Waals surface area contributed by atoms with Crippen molar-refractivity contribution in [2.45, 2.75) is 45.7 Å². The quantitative estimate of drug-likeness (QED) is 0.804. The van der Waals surface area contributed by atoms with Crippen LogP contribution in [0.5, 0.6) is 0 Å². The number of rotatable bonds is 7. The van der Waals surface area contributed by atoms with Crippen LogP contribution >= 0.6 is 0 Å². The second kappa shape index (κ2) is 8.37. The van der Waals surface area contributed by atoms with Gasteiger partial charge in [0.2, 0.25) is 10.0 Å². The summed E-state index contributed by atoms with van der Waals surface area (Å²) in [7, 11) is -3.11. The van der Waals surface area contributed by atoms with Gasteiger partial charge in [0.15, 0.2) is 0 Å². The summed E-state index contributed by atoms with van der Waals surface area (Å²) in [6.45, 7) is 6.33. The van der Waals surface area contributed by atoms with Crippen LogP contribution in [0.15, 0.2) is 40.8 Å². The zero-order valence-electron chi connectivity index (χ0n) is 15.6. The Labute approximate surface area is 156 Å². The van der Waals surface area contributed by atoms with E-state index in [1.165, 1.54) is 5.56 Å². The molecule has 1 N–H and O–H groups in total. The van der Waals surface area contributed by atoms with Crippen LogP contribution in [0, 0.1) is 0 Å². The first-order valence-electron chi connectivity index (χ1n) is 9.39. The highest BCUT2D eigenvalue weighted by Crippen LogP contribution is 2.24. The first kappa shape index (κ1) is 19.1. The molecule has 0 unspecified atom stereocenters. The van der Waals surface area contributed by atoms with E-state index in [9.17, 15) is 8.42 Å². The first-order chi connectivity index (χ1) is 12.5. The number of nitrogens with zero attached hydrogens (tertiary/aromatic N) is 1.